The van der Waals surface area contributed by atoms with Crippen LogP contribution in [0.4, 0.5) is 0 Å². The van der Waals surface area contributed by atoms with Crippen LogP contribution >= 0.6 is 0 Å². The first-order valence-electron chi connectivity index (χ1n) is 5.16. The number of hydrazine groups is 1. The molecule has 0 radical (unpaired) electrons. The molecule has 15 heavy (non-hydrogen) atoms. The largest absolute Gasteiger partial charge is 0.481 e. The van der Waals surface area contributed by atoms with Gasteiger partial charge in [0.1, 0.15) is 0 Å². The molecule has 5 heteroatoms. The molecule has 86 valence electrons. The summed E-state index contributed by atoms with van der Waals surface area (Å²) in [5.74, 6) is -1.06. The van der Waals surface area contributed by atoms with Crippen molar-refractivity contribution in [2.24, 2.45) is 5.41 Å². The molecule has 0 aromatic rings. The van der Waals surface area contributed by atoms with Gasteiger partial charge in [0.25, 0.3) is 0 Å². The zero-order valence-corrected chi connectivity index (χ0v) is 9.25. The number of aliphatic carboxylic acids is 1. The Labute approximate surface area is 89.4 Å². The van der Waals surface area contributed by atoms with Crippen LogP contribution in [-0.2, 0) is 9.59 Å². The molecule has 0 aliphatic heterocycles. The third kappa shape index (κ3) is 2.92. The molecule has 0 bridgehead atoms. The van der Waals surface area contributed by atoms with Gasteiger partial charge in [-0.25, -0.2) is 5.01 Å². The van der Waals surface area contributed by atoms with Crippen LogP contribution < -0.4 is 5.43 Å². The molecule has 1 rings (SSSR count). The maximum atomic E-state index is 11.5. The van der Waals surface area contributed by atoms with Gasteiger partial charge in [-0.1, -0.05) is 12.8 Å². The van der Waals surface area contributed by atoms with Gasteiger partial charge in [0.2, 0.25) is 5.91 Å². The summed E-state index contributed by atoms with van der Waals surface area (Å²) in [6.07, 6.45) is 3.12. The number of amides is 1. The third-order valence-corrected chi connectivity index (χ3v) is 2.86. The Morgan fingerprint density at radius 1 is 1.33 bits per heavy atom. The van der Waals surface area contributed by atoms with Crippen molar-refractivity contribution >= 4 is 11.9 Å². The summed E-state index contributed by atoms with van der Waals surface area (Å²) in [6, 6.07) is 0. The van der Waals surface area contributed by atoms with E-state index in [0.29, 0.717) is 12.8 Å². The average Bonchev–Trinajstić information content (AvgIpc) is 2.52. The molecule has 0 heterocycles. The Kier molecular flexibility index (Phi) is 3.68. The number of hydrogen-bond acceptors (Lipinski definition) is 3. The number of carboxylic acid groups (broad SMARTS) is 1. The first-order valence-corrected chi connectivity index (χ1v) is 5.16. The molecule has 0 unspecified atom stereocenters. The molecule has 1 aliphatic rings. The van der Waals surface area contributed by atoms with Gasteiger partial charge in [0.15, 0.2) is 0 Å². The second-order valence-electron chi connectivity index (χ2n) is 4.40. The highest BCUT2D eigenvalue weighted by molar-refractivity contribution is 5.84. The van der Waals surface area contributed by atoms with Gasteiger partial charge in [0.05, 0.1) is 5.41 Å². The summed E-state index contributed by atoms with van der Waals surface area (Å²) in [5.41, 5.74) is 1.76. The predicted octanol–water partition coefficient (Wildman–Crippen LogP) is 0.614. The second-order valence-corrected chi connectivity index (χ2v) is 4.40. The molecule has 0 spiro atoms. The molecule has 0 aromatic carbocycles. The number of carbonyl (C=O) groups excluding carboxylic acids is 1. The van der Waals surface area contributed by atoms with Gasteiger partial charge in [-0.3, -0.25) is 15.0 Å². The molecule has 1 saturated carbocycles. The molecule has 5 nitrogen and oxygen atoms in total. The van der Waals surface area contributed by atoms with Crippen molar-refractivity contribution in [3.05, 3.63) is 0 Å². The van der Waals surface area contributed by atoms with E-state index in [1.165, 1.54) is 5.01 Å². The Hall–Kier alpha value is -1.10. The molecule has 0 saturated heterocycles. The first-order chi connectivity index (χ1) is 6.96. The van der Waals surface area contributed by atoms with Crippen molar-refractivity contribution in [1.82, 2.24) is 10.4 Å². The van der Waals surface area contributed by atoms with Gasteiger partial charge >= 0.3 is 5.97 Å². The fourth-order valence-electron chi connectivity index (χ4n) is 2.11. The van der Waals surface area contributed by atoms with Gasteiger partial charge in [-0.05, 0) is 12.8 Å². The standard InChI is InChI=1S/C10H18N2O3/c1-12(2)11-8(13)7-10(9(14)15)5-3-4-6-10/h3-7H2,1-2H3,(H,11,13)(H,14,15). The molecular formula is C10H18N2O3. The fourth-order valence-corrected chi connectivity index (χ4v) is 2.11. The average molecular weight is 214 g/mol. The molecule has 2 N–H and O–H groups in total. The highest BCUT2D eigenvalue weighted by atomic mass is 16.4. The molecular weight excluding hydrogens is 196 g/mol. The Morgan fingerprint density at radius 3 is 2.27 bits per heavy atom. The molecule has 0 atom stereocenters. The van der Waals surface area contributed by atoms with Gasteiger partial charge < -0.3 is 5.11 Å². The maximum absolute atomic E-state index is 11.5. The van der Waals surface area contributed by atoms with Crippen LogP contribution in [0.2, 0.25) is 0 Å². The Morgan fingerprint density at radius 2 is 1.87 bits per heavy atom. The van der Waals surface area contributed by atoms with Crippen molar-refractivity contribution in [2.45, 2.75) is 32.1 Å². The summed E-state index contributed by atoms with van der Waals surface area (Å²) >= 11 is 0. The highest BCUT2D eigenvalue weighted by Crippen LogP contribution is 2.41. The van der Waals surface area contributed by atoms with E-state index < -0.39 is 11.4 Å². The van der Waals surface area contributed by atoms with Gasteiger partial charge in [0, 0.05) is 20.5 Å². The smallest absolute Gasteiger partial charge is 0.310 e. The number of carbonyl (C=O) groups is 2. The van der Waals surface area contributed by atoms with Crippen LogP contribution in [0, 0.1) is 5.41 Å². The molecule has 1 aliphatic carbocycles. The number of hydrogen-bond donors (Lipinski definition) is 2. The van der Waals surface area contributed by atoms with Gasteiger partial charge in [-0.15, -0.1) is 0 Å². The topological polar surface area (TPSA) is 69.6 Å². The lowest BCUT2D eigenvalue weighted by atomic mass is 9.82. The van der Waals surface area contributed by atoms with Crippen LogP contribution in [-0.4, -0.2) is 36.1 Å². The van der Waals surface area contributed by atoms with Crippen molar-refractivity contribution < 1.29 is 14.7 Å². The monoisotopic (exact) mass is 214 g/mol. The van der Waals surface area contributed by atoms with Gasteiger partial charge in [-0.2, -0.15) is 0 Å². The second kappa shape index (κ2) is 4.61. The quantitative estimate of drug-likeness (QED) is 0.673. The zero-order chi connectivity index (χ0) is 11.5. The zero-order valence-electron chi connectivity index (χ0n) is 9.25. The van der Waals surface area contributed by atoms with Crippen molar-refractivity contribution in [3.8, 4) is 0 Å². The Bertz CT molecular complexity index is 257. The van der Waals surface area contributed by atoms with E-state index in [0.717, 1.165) is 12.8 Å². The minimum atomic E-state index is -0.839. The summed E-state index contributed by atoms with van der Waals surface area (Å²) in [7, 11) is 3.42. The van der Waals surface area contributed by atoms with Crippen LogP contribution in [0.15, 0.2) is 0 Å². The molecule has 0 aromatic heterocycles. The van der Waals surface area contributed by atoms with Crippen LogP contribution in [0.1, 0.15) is 32.1 Å². The number of carboxylic acids is 1. The lowest BCUT2D eigenvalue weighted by molar-refractivity contribution is -0.152. The lowest BCUT2D eigenvalue weighted by Crippen LogP contribution is -2.41. The van der Waals surface area contributed by atoms with Crippen LogP contribution in [0.5, 0.6) is 0 Å². The third-order valence-electron chi connectivity index (χ3n) is 2.86. The summed E-state index contributed by atoms with van der Waals surface area (Å²) in [4.78, 5) is 22.7. The lowest BCUT2D eigenvalue weighted by Gasteiger charge is -2.23. The predicted molar refractivity (Wildman–Crippen MR) is 55.0 cm³/mol. The van der Waals surface area contributed by atoms with E-state index in [1.54, 1.807) is 14.1 Å². The minimum Gasteiger partial charge on any atom is -0.481 e. The SMILES string of the molecule is CN(C)NC(=O)CC1(C(=O)O)CCCC1. The van der Waals surface area contributed by atoms with Crippen LogP contribution in [0.25, 0.3) is 0 Å². The number of nitrogens with zero attached hydrogens (tertiary/aromatic N) is 1. The molecule has 1 amide bonds. The minimum absolute atomic E-state index is 0.0838. The van der Waals surface area contributed by atoms with E-state index >= 15 is 0 Å². The van der Waals surface area contributed by atoms with E-state index in [2.05, 4.69) is 5.43 Å². The van der Waals surface area contributed by atoms with Crippen LogP contribution in [0.3, 0.4) is 0 Å². The fraction of sp³-hybridized carbons (Fsp3) is 0.800. The Balaban J connectivity index is 2.59. The molecule has 1 fully saturated rings. The highest BCUT2D eigenvalue weighted by Gasteiger charge is 2.42. The summed E-state index contributed by atoms with van der Waals surface area (Å²) in [5, 5.41) is 10.7. The summed E-state index contributed by atoms with van der Waals surface area (Å²) in [6.45, 7) is 0. The van der Waals surface area contributed by atoms with E-state index in [4.69, 9.17) is 5.11 Å². The van der Waals surface area contributed by atoms with Crippen molar-refractivity contribution in [2.75, 3.05) is 14.1 Å². The van der Waals surface area contributed by atoms with E-state index in [1.807, 2.05) is 0 Å². The summed E-state index contributed by atoms with van der Waals surface area (Å²) < 4.78 is 0. The number of rotatable bonds is 4. The van der Waals surface area contributed by atoms with E-state index in [9.17, 15) is 9.59 Å². The van der Waals surface area contributed by atoms with Crippen molar-refractivity contribution in [1.29, 1.82) is 0 Å². The normalized spacial score (nSPS) is 19.1. The van der Waals surface area contributed by atoms with E-state index in [-0.39, 0.29) is 12.3 Å². The first kappa shape index (κ1) is 12.0. The maximum Gasteiger partial charge on any atom is 0.310 e. The van der Waals surface area contributed by atoms with Crippen molar-refractivity contribution in [3.63, 3.8) is 0 Å². The number of nitrogens with one attached hydrogen (secondary N) is 1.